The number of rotatable bonds is 12. The first kappa shape index (κ1) is 27.9. The van der Waals surface area contributed by atoms with Gasteiger partial charge in [0, 0.05) is 35.4 Å². The maximum absolute atomic E-state index is 12.7. The summed E-state index contributed by atoms with van der Waals surface area (Å²) in [5, 5.41) is 17.9. The molecule has 1 heterocycles. The lowest BCUT2D eigenvalue weighted by Crippen LogP contribution is -2.17. The molecule has 2 aromatic carbocycles. The molecule has 0 aliphatic heterocycles. The van der Waals surface area contributed by atoms with Crippen molar-refractivity contribution in [1.29, 1.82) is 0 Å². The van der Waals surface area contributed by atoms with Gasteiger partial charge in [0.1, 0.15) is 5.82 Å². The van der Waals surface area contributed by atoms with E-state index in [0.717, 1.165) is 25.7 Å². The Bertz CT molecular complexity index is 1240. The minimum Gasteiger partial charge on any atom is -0.370 e. The van der Waals surface area contributed by atoms with Crippen LogP contribution in [-0.4, -0.2) is 34.5 Å². The molecule has 3 rings (SSSR count). The van der Waals surface area contributed by atoms with Crippen molar-refractivity contribution in [2.45, 2.75) is 32.1 Å². The molecular weight excluding hydrogens is 517 g/mol. The van der Waals surface area contributed by atoms with Gasteiger partial charge in [-0.1, -0.05) is 42.1 Å². The number of anilines is 3. The van der Waals surface area contributed by atoms with Gasteiger partial charge < -0.3 is 16.0 Å². The Labute approximate surface area is 224 Å². The lowest BCUT2D eigenvalue weighted by molar-refractivity contribution is -0.129. The number of aromatic nitrogens is 1. The van der Waals surface area contributed by atoms with Crippen LogP contribution in [0.4, 0.5) is 17.2 Å². The predicted octanol–water partition coefficient (Wildman–Crippen LogP) is 5.76. The molecule has 37 heavy (non-hydrogen) atoms. The number of amides is 3. The van der Waals surface area contributed by atoms with Crippen LogP contribution in [0.1, 0.15) is 52.8 Å². The van der Waals surface area contributed by atoms with Crippen molar-refractivity contribution in [1.82, 2.24) is 10.5 Å². The molecule has 0 aliphatic carbocycles. The lowest BCUT2D eigenvalue weighted by atomic mass is 10.1. The molecule has 0 bridgehead atoms. The second kappa shape index (κ2) is 14.2. The third-order valence-electron chi connectivity index (χ3n) is 5.35. The first-order chi connectivity index (χ1) is 17.9. The van der Waals surface area contributed by atoms with Gasteiger partial charge in [-0.15, -0.1) is 0 Å². The van der Waals surface area contributed by atoms with Crippen LogP contribution in [0.25, 0.3) is 0 Å². The fourth-order valence-electron chi connectivity index (χ4n) is 3.40. The van der Waals surface area contributed by atoms with Crippen LogP contribution < -0.4 is 21.4 Å². The molecule has 9 nitrogen and oxygen atoms in total. The van der Waals surface area contributed by atoms with Crippen molar-refractivity contribution in [3.63, 3.8) is 0 Å². The first-order valence-electron chi connectivity index (χ1n) is 11.7. The van der Waals surface area contributed by atoms with Crippen LogP contribution in [0.2, 0.25) is 10.0 Å². The highest BCUT2D eigenvalue weighted by Gasteiger charge is 2.12. The average molecular weight is 544 g/mol. The molecule has 3 aromatic rings. The number of nitrogens with zero attached hydrogens (tertiary/aromatic N) is 1. The van der Waals surface area contributed by atoms with Crippen molar-refractivity contribution in [3.8, 4) is 0 Å². The van der Waals surface area contributed by atoms with Gasteiger partial charge in [0.05, 0.1) is 16.3 Å². The van der Waals surface area contributed by atoms with Crippen LogP contribution in [0.15, 0.2) is 60.8 Å². The molecule has 0 spiro atoms. The summed E-state index contributed by atoms with van der Waals surface area (Å²) in [6.07, 6.45) is 5.23. The van der Waals surface area contributed by atoms with E-state index in [-0.39, 0.29) is 17.7 Å². The number of benzene rings is 2. The molecule has 5 N–H and O–H groups in total. The second-order valence-corrected chi connectivity index (χ2v) is 9.01. The Balaban J connectivity index is 1.49. The summed E-state index contributed by atoms with van der Waals surface area (Å²) in [5.74, 6) is -0.466. The number of hydrogen-bond donors (Lipinski definition) is 5. The quantitative estimate of drug-likeness (QED) is 0.112. The molecule has 0 radical (unpaired) electrons. The number of halogens is 2. The molecule has 11 heteroatoms. The van der Waals surface area contributed by atoms with Crippen LogP contribution >= 0.6 is 23.2 Å². The summed E-state index contributed by atoms with van der Waals surface area (Å²) in [6.45, 7) is 0.708. The van der Waals surface area contributed by atoms with Gasteiger partial charge in [0.15, 0.2) is 0 Å². The van der Waals surface area contributed by atoms with Gasteiger partial charge >= 0.3 is 0 Å². The maximum Gasteiger partial charge on any atom is 0.257 e. The fourth-order valence-corrected chi connectivity index (χ4v) is 3.75. The van der Waals surface area contributed by atoms with E-state index < -0.39 is 0 Å². The zero-order chi connectivity index (χ0) is 26.6. The molecule has 0 saturated heterocycles. The van der Waals surface area contributed by atoms with Crippen molar-refractivity contribution >= 4 is 58.1 Å². The van der Waals surface area contributed by atoms with Crippen LogP contribution in [-0.2, 0) is 4.79 Å². The highest BCUT2D eigenvalue weighted by atomic mass is 35.5. The Morgan fingerprint density at radius 1 is 0.838 bits per heavy atom. The molecular formula is C26H27Cl2N5O4. The summed E-state index contributed by atoms with van der Waals surface area (Å²) >= 11 is 12.2. The van der Waals surface area contributed by atoms with Crippen LogP contribution in [0, 0.1) is 0 Å². The van der Waals surface area contributed by atoms with Gasteiger partial charge in [0.2, 0.25) is 5.91 Å². The van der Waals surface area contributed by atoms with E-state index >= 15 is 0 Å². The number of carbonyl (C=O) groups excluding carboxylic acids is 3. The van der Waals surface area contributed by atoms with Crippen molar-refractivity contribution in [2.75, 3.05) is 22.5 Å². The number of unbranched alkanes of at least 4 members (excludes halogenated alkanes) is 3. The standard InChI is InChI=1S/C26H27Cl2N5O4/c27-19-7-5-6-17(14-19)25(35)32-22-15-20(10-11-21(22)28)31-26(36)18-9-12-23(30-16-18)29-13-4-2-1-3-8-24(34)33-37/h5-7,9-12,14-16,37H,1-4,8,13H2,(H,29,30)(H,31,36)(H,32,35)(H,33,34). The van der Waals surface area contributed by atoms with E-state index in [4.69, 9.17) is 28.4 Å². The molecule has 1 aromatic heterocycles. The van der Waals surface area contributed by atoms with Gasteiger partial charge in [-0.3, -0.25) is 19.6 Å². The Kier molecular flexibility index (Phi) is 10.7. The number of hydrogen-bond acceptors (Lipinski definition) is 6. The van der Waals surface area contributed by atoms with E-state index in [0.29, 0.717) is 51.3 Å². The molecule has 0 atom stereocenters. The molecule has 0 aliphatic rings. The summed E-state index contributed by atoms with van der Waals surface area (Å²) in [7, 11) is 0. The third-order valence-corrected chi connectivity index (χ3v) is 5.91. The van der Waals surface area contributed by atoms with Crippen molar-refractivity contribution in [3.05, 3.63) is 82.0 Å². The highest BCUT2D eigenvalue weighted by molar-refractivity contribution is 6.34. The highest BCUT2D eigenvalue weighted by Crippen LogP contribution is 2.27. The SMILES string of the molecule is O=C(CCCCCCNc1ccc(C(=O)Nc2ccc(Cl)c(NC(=O)c3cccc(Cl)c3)c2)cn1)NO. The van der Waals surface area contributed by atoms with Crippen LogP contribution in [0.5, 0.6) is 0 Å². The van der Waals surface area contributed by atoms with Gasteiger partial charge in [0.25, 0.3) is 11.8 Å². The largest absolute Gasteiger partial charge is 0.370 e. The topological polar surface area (TPSA) is 132 Å². The van der Waals surface area contributed by atoms with Gasteiger partial charge in [-0.05, 0) is 61.4 Å². The monoisotopic (exact) mass is 543 g/mol. The van der Waals surface area contributed by atoms with E-state index in [2.05, 4.69) is 20.9 Å². The van der Waals surface area contributed by atoms with E-state index in [1.165, 1.54) is 6.20 Å². The molecule has 194 valence electrons. The Morgan fingerprint density at radius 3 is 2.35 bits per heavy atom. The number of pyridine rings is 1. The van der Waals surface area contributed by atoms with Crippen molar-refractivity contribution in [2.24, 2.45) is 0 Å². The van der Waals surface area contributed by atoms with E-state index in [1.807, 2.05) is 0 Å². The van der Waals surface area contributed by atoms with E-state index in [1.54, 1.807) is 60.1 Å². The van der Waals surface area contributed by atoms with Gasteiger partial charge in [-0.25, -0.2) is 10.5 Å². The van der Waals surface area contributed by atoms with Gasteiger partial charge in [-0.2, -0.15) is 0 Å². The Hall–Kier alpha value is -3.66. The zero-order valence-electron chi connectivity index (χ0n) is 19.9. The molecule has 0 unspecified atom stereocenters. The number of hydroxylamine groups is 1. The summed E-state index contributed by atoms with van der Waals surface area (Å²) < 4.78 is 0. The van der Waals surface area contributed by atoms with E-state index in [9.17, 15) is 14.4 Å². The minimum absolute atomic E-state index is 0.310. The maximum atomic E-state index is 12.7. The summed E-state index contributed by atoms with van der Waals surface area (Å²) in [5.41, 5.74) is 3.17. The lowest BCUT2D eigenvalue weighted by Gasteiger charge is -2.11. The summed E-state index contributed by atoms with van der Waals surface area (Å²) in [4.78, 5) is 40.4. The van der Waals surface area contributed by atoms with Crippen molar-refractivity contribution < 1.29 is 19.6 Å². The third kappa shape index (κ3) is 9.05. The molecule has 0 fully saturated rings. The second-order valence-electron chi connectivity index (χ2n) is 8.17. The van der Waals surface area contributed by atoms with Crippen LogP contribution in [0.3, 0.4) is 0 Å². The zero-order valence-corrected chi connectivity index (χ0v) is 21.4. The first-order valence-corrected chi connectivity index (χ1v) is 12.4. The smallest absolute Gasteiger partial charge is 0.257 e. The number of nitrogens with one attached hydrogen (secondary N) is 4. The molecule has 3 amide bonds. The minimum atomic E-state index is -0.380. The fraction of sp³-hybridized carbons (Fsp3) is 0.231. The predicted molar refractivity (Wildman–Crippen MR) is 145 cm³/mol. The Morgan fingerprint density at radius 2 is 1.62 bits per heavy atom. The summed E-state index contributed by atoms with van der Waals surface area (Å²) in [6, 6.07) is 14.7. The normalized spacial score (nSPS) is 10.5. The molecule has 0 saturated carbocycles. The average Bonchev–Trinajstić information content (AvgIpc) is 2.90. The number of carbonyl (C=O) groups is 3.